The van der Waals surface area contributed by atoms with E-state index in [1.807, 2.05) is 25.1 Å². The Bertz CT molecular complexity index is 141. The second-order valence-corrected chi connectivity index (χ2v) is 2.15. The number of hydrogen-bond acceptors (Lipinski definition) is 0. The molecule has 1 radical (unpaired) electrons. The Morgan fingerprint density at radius 3 is 1.80 bits per heavy atom. The molecule has 0 aliphatic carbocycles. The average Bonchev–Trinajstić information content (AvgIpc) is 1.91. The minimum absolute atomic E-state index is 1.00. The van der Waals surface area contributed by atoms with Crippen LogP contribution in [-0.4, -0.2) is 0 Å². The molecule has 0 saturated heterocycles. The summed E-state index contributed by atoms with van der Waals surface area (Å²) in [5.74, 6) is 0. The van der Waals surface area contributed by atoms with E-state index in [1.54, 1.807) is 0 Å². The molecule has 0 heterocycles. The van der Waals surface area contributed by atoms with E-state index in [-0.39, 0.29) is 0 Å². The van der Waals surface area contributed by atoms with Gasteiger partial charge in [0.2, 0.25) is 0 Å². The lowest BCUT2D eigenvalue weighted by Gasteiger charge is -1.82. The lowest BCUT2D eigenvalue weighted by Crippen LogP contribution is -1.62. The first-order valence-electron chi connectivity index (χ1n) is 3.62. The van der Waals surface area contributed by atoms with Crippen LogP contribution in [-0.2, 0) is 0 Å². The van der Waals surface area contributed by atoms with Gasteiger partial charge >= 0.3 is 0 Å². The molecule has 1 rings (SSSR count). The molecule has 0 amide bonds. The molecule has 0 fully saturated rings. The maximum atomic E-state index is 3.49. The summed E-state index contributed by atoms with van der Waals surface area (Å²) in [5, 5.41) is 0. The van der Waals surface area contributed by atoms with E-state index in [2.05, 4.69) is 26.0 Å². The zero-order valence-electron chi connectivity index (χ0n) is 6.80. The number of hydrogen-bond donors (Lipinski definition) is 0. The Labute approximate surface area is 63.9 Å². The first-order chi connectivity index (χ1) is 4.81. The minimum Gasteiger partial charge on any atom is -0.0654 e. The Kier molecular flexibility index (Phi) is 5.85. The van der Waals surface area contributed by atoms with E-state index >= 15 is 0 Å². The standard InChI is InChI=1S/C7H8.C3H7/c1-7-5-3-2-4-6-7;1-3-2/h2-6H,1H3;1,3H2,2H3. The van der Waals surface area contributed by atoms with Crippen LogP contribution >= 0.6 is 0 Å². The van der Waals surface area contributed by atoms with Gasteiger partial charge in [-0.1, -0.05) is 56.2 Å². The number of aryl methyl sites for hydroxylation is 1. The van der Waals surface area contributed by atoms with Crippen molar-refractivity contribution in [3.05, 3.63) is 42.8 Å². The fourth-order valence-corrected chi connectivity index (χ4v) is 0.534. The highest BCUT2D eigenvalue weighted by Crippen LogP contribution is 1.92. The van der Waals surface area contributed by atoms with Crippen LogP contribution in [0.5, 0.6) is 0 Å². The molecular formula is C10H15. The molecule has 0 heteroatoms. The Morgan fingerprint density at radius 2 is 1.60 bits per heavy atom. The summed E-state index contributed by atoms with van der Waals surface area (Å²) in [5.41, 5.74) is 1.32. The molecular weight excluding hydrogens is 120 g/mol. The van der Waals surface area contributed by atoms with Crippen molar-refractivity contribution in [3.8, 4) is 0 Å². The van der Waals surface area contributed by atoms with Crippen molar-refractivity contribution in [2.45, 2.75) is 20.3 Å². The summed E-state index contributed by atoms with van der Waals surface area (Å²) in [6.07, 6.45) is 1.00. The van der Waals surface area contributed by atoms with Gasteiger partial charge in [-0.05, 0) is 6.92 Å². The van der Waals surface area contributed by atoms with Crippen LogP contribution in [0, 0.1) is 13.8 Å². The second kappa shape index (κ2) is 6.34. The quantitative estimate of drug-likeness (QED) is 0.512. The predicted octanol–water partition coefficient (Wildman–Crippen LogP) is 3.23. The molecule has 0 bridgehead atoms. The summed E-state index contributed by atoms with van der Waals surface area (Å²) >= 11 is 0. The molecule has 0 saturated carbocycles. The Morgan fingerprint density at radius 1 is 1.20 bits per heavy atom. The third-order valence-corrected chi connectivity index (χ3v) is 0.940. The molecule has 0 aromatic heterocycles. The summed E-state index contributed by atoms with van der Waals surface area (Å²) in [7, 11) is 0. The summed E-state index contributed by atoms with van der Waals surface area (Å²) in [6.45, 7) is 7.58. The lowest BCUT2D eigenvalue weighted by atomic mass is 10.2. The largest absolute Gasteiger partial charge is 0.0654 e. The molecule has 1 aromatic carbocycles. The van der Waals surface area contributed by atoms with Gasteiger partial charge in [0.1, 0.15) is 0 Å². The van der Waals surface area contributed by atoms with Gasteiger partial charge in [-0.25, -0.2) is 0 Å². The minimum atomic E-state index is 1.00. The molecule has 0 atom stereocenters. The zero-order valence-corrected chi connectivity index (χ0v) is 6.80. The van der Waals surface area contributed by atoms with Gasteiger partial charge in [-0.15, -0.1) is 0 Å². The molecule has 0 nitrogen and oxygen atoms in total. The van der Waals surface area contributed by atoms with Crippen LogP contribution in [0.1, 0.15) is 18.9 Å². The van der Waals surface area contributed by atoms with Gasteiger partial charge in [0.05, 0.1) is 0 Å². The van der Waals surface area contributed by atoms with E-state index < -0.39 is 0 Å². The van der Waals surface area contributed by atoms with Crippen LogP contribution in [0.15, 0.2) is 30.3 Å². The highest BCUT2D eigenvalue weighted by Gasteiger charge is 1.72. The Hall–Kier alpha value is -0.780. The van der Waals surface area contributed by atoms with E-state index in [0.29, 0.717) is 0 Å². The van der Waals surface area contributed by atoms with Gasteiger partial charge in [-0.2, -0.15) is 0 Å². The molecule has 0 unspecified atom stereocenters. The van der Waals surface area contributed by atoms with Gasteiger partial charge in [0.15, 0.2) is 0 Å². The van der Waals surface area contributed by atoms with Gasteiger partial charge < -0.3 is 0 Å². The van der Waals surface area contributed by atoms with Crippen molar-refractivity contribution in [2.75, 3.05) is 0 Å². The van der Waals surface area contributed by atoms with Crippen LogP contribution in [0.2, 0.25) is 0 Å². The van der Waals surface area contributed by atoms with Crippen LogP contribution in [0.25, 0.3) is 0 Å². The third-order valence-electron chi connectivity index (χ3n) is 0.940. The van der Waals surface area contributed by atoms with Crippen molar-refractivity contribution in [2.24, 2.45) is 0 Å². The van der Waals surface area contributed by atoms with Crippen LogP contribution in [0.3, 0.4) is 0 Å². The highest BCUT2D eigenvalue weighted by molar-refractivity contribution is 5.11. The normalized spacial score (nSPS) is 7.90. The highest BCUT2D eigenvalue weighted by atomic mass is 13.8. The van der Waals surface area contributed by atoms with Gasteiger partial charge in [0, 0.05) is 0 Å². The maximum Gasteiger partial charge on any atom is -0.0398 e. The fraction of sp³-hybridized carbons (Fsp3) is 0.300. The summed E-state index contributed by atoms with van der Waals surface area (Å²) in [6, 6.07) is 10.3. The maximum absolute atomic E-state index is 3.49. The van der Waals surface area contributed by atoms with Gasteiger partial charge in [0.25, 0.3) is 0 Å². The predicted molar refractivity (Wildman–Crippen MR) is 46.8 cm³/mol. The molecule has 55 valence electrons. The molecule has 10 heavy (non-hydrogen) atoms. The van der Waals surface area contributed by atoms with Crippen LogP contribution < -0.4 is 0 Å². The molecule has 1 aromatic rings. The fourth-order valence-electron chi connectivity index (χ4n) is 0.534. The van der Waals surface area contributed by atoms with E-state index in [9.17, 15) is 0 Å². The topological polar surface area (TPSA) is 0 Å². The van der Waals surface area contributed by atoms with Crippen molar-refractivity contribution in [1.82, 2.24) is 0 Å². The summed E-state index contributed by atoms with van der Waals surface area (Å²) in [4.78, 5) is 0. The van der Waals surface area contributed by atoms with E-state index in [4.69, 9.17) is 0 Å². The smallest absolute Gasteiger partial charge is 0.0398 e. The average molecular weight is 135 g/mol. The van der Waals surface area contributed by atoms with Crippen molar-refractivity contribution in [3.63, 3.8) is 0 Å². The van der Waals surface area contributed by atoms with Crippen LogP contribution in [0.4, 0.5) is 0 Å². The number of rotatable bonds is 0. The zero-order chi connectivity index (χ0) is 7.82. The van der Waals surface area contributed by atoms with E-state index in [1.165, 1.54) is 5.56 Å². The third kappa shape index (κ3) is 5.36. The molecule has 0 spiro atoms. The number of benzene rings is 1. The van der Waals surface area contributed by atoms with Crippen molar-refractivity contribution >= 4 is 0 Å². The second-order valence-electron chi connectivity index (χ2n) is 2.15. The Balaban J connectivity index is 0.000000236. The SMILES string of the molecule is Cc1ccccc1.[CH2]CC. The first kappa shape index (κ1) is 9.22. The van der Waals surface area contributed by atoms with E-state index in [0.717, 1.165) is 6.42 Å². The van der Waals surface area contributed by atoms with Gasteiger partial charge in [-0.3, -0.25) is 0 Å². The van der Waals surface area contributed by atoms with Crippen molar-refractivity contribution in [1.29, 1.82) is 0 Å². The molecule has 0 aliphatic heterocycles. The monoisotopic (exact) mass is 135 g/mol. The summed E-state index contributed by atoms with van der Waals surface area (Å²) < 4.78 is 0. The van der Waals surface area contributed by atoms with Crippen molar-refractivity contribution < 1.29 is 0 Å². The molecule has 0 N–H and O–H groups in total. The first-order valence-corrected chi connectivity index (χ1v) is 3.62. The molecule has 0 aliphatic rings. The lowest BCUT2D eigenvalue weighted by molar-refractivity contribution is 1.23.